The summed E-state index contributed by atoms with van der Waals surface area (Å²) in [5.74, 6) is -0.545. The average molecular weight is 492 g/mol. The van der Waals surface area contributed by atoms with Crippen LogP contribution in [0.1, 0.15) is 37.4 Å². The van der Waals surface area contributed by atoms with Crippen LogP contribution in [0.15, 0.2) is 53.4 Å². The predicted octanol–water partition coefficient (Wildman–Crippen LogP) is 3.37. The van der Waals surface area contributed by atoms with Crippen LogP contribution in [0.5, 0.6) is 0 Å². The number of imide groups is 1. The molecule has 1 saturated heterocycles. The van der Waals surface area contributed by atoms with Gasteiger partial charge in [-0.3, -0.25) is 19.4 Å². The molecule has 0 aromatic heterocycles. The second-order valence-electron chi connectivity index (χ2n) is 9.44. The standard InChI is InChI=1S/C27H29N3O4S/c1-18-16-19(2)25(20(3)17-18)35(33,34)29-13-10-28(11-14-29)12-15-30-26(31)22-8-4-6-21-7-5-9-23(24(21)22)27(30)32/h4-9,16-17H,10-15H2,1-3H3. The molecule has 7 nitrogen and oxygen atoms in total. The van der Waals surface area contributed by atoms with Crippen molar-refractivity contribution in [2.24, 2.45) is 0 Å². The van der Waals surface area contributed by atoms with Crippen molar-refractivity contribution >= 4 is 32.6 Å². The van der Waals surface area contributed by atoms with Gasteiger partial charge in [0.2, 0.25) is 10.0 Å². The first-order valence-corrected chi connectivity index (χ1v) is 13.3. The fourth-order valence-electron chi connectivity index (χ4n) is 5.42. The first-order chi connectivity index (χ1) is 16.7. The zero-order valence-corrected chi connectivity index (χ0v) is 21.1. The van der Waals surface area contributed by atoms with Gasteiger partial charge in [-0.25, -0.2) is 8.42 Å². The van der Waals surface area contributed by atoms with Crippen LogP contribution in [-0.4, -0.2) is 73.6 Å². The van der Waals surface area contributed by atoms with Gasteiger partial charge in [-0.15, -0.1) is 0 Å². The highest BCUT2D eigenvalue weighted by atomic mass is 32.2. The van der Waals surface area contributed by atoms with Crippen LogP contribution in [0.3, 0.4) is 0 Å². The Balaban J connectivity index is 1.26. The van der Waals surface area contributed by atoms with Crippen LogP contribution < -0.4 is 0 Å². The molecule has 0 radical (unpaired) electrons. The lowest BCUT2D eigenvalue weighted by atomic mass is 9.94. The molecule has 0 unspecified atom stereocenters. The molecule has 8 heteroatoms. The summed E-state index contributed by atoms with van der Waals surface area (Å²) in [6, 6.07) is 14.8. The first-order valence-electron chi connectivity index (χ1n) is 11.9. The molecule has 1 fully saturated rings. The summed E-state index contributed by atoms with van der Waals surface area (Å²) in [6.45, 7) is 8.27. The molecular weight excluding hydrogens is 462 g/mol. The average Bonchev–Trinajstić information content (AvgIpc) is 2.82. The zero-order valence-electron chi connectivity index (χ0n) is 20.2. The van der Waals surface area contributed by atoms with Crippen molar-refractivity contribution in [2.75, 3.05) is 39.3 Å². The van der Waals surface area contributed by atoms with Crippen molar-refractivity contribution < 1.29 is 18.0 Å². The van der Waals surface area contributed by atoms with E-state index in [9.17, 15) is 18.0 Å². The maximum absolute atomic E-state index is 13.4. The van der Waals surface area contributed by atoms with Gasteiger partial charge < -0.3 is 0 Å². The molecule has 0 spiro atoms. The molecule has 0 aliphatic carbocycles. The Hall–Kier alpha value is -3.07. The fraction of sp³-hybridized carbons (Fsp3) is 0.333. The summed E-state index contributed by atoms with van der Waals surface area (Å²) < 4.78 is 28.3. The summed E-state index contributed by atoms with van der Waals surface area (Å²) in [6.07, 6.45) is 0. The van der Waals surface area contributed by atoms with E-state index in [-0.39, 0.29) is 18.4 Å². The van der Waals surface area contributed by atoms with Crippen molar-refractivity contribution in [1.29, 1.82) is 0 Å². The van der Waals surface area contributed by atoms with Gasteiger partial charge >= 0.3 is 0 Å². The molecule has 2 aliphatic heterocycles. The molecule has 2 amide bonds. The number of carbonyl (C=O) groups is 2. The highest BCUT2D eigenvalue weighted by molar-refractivity contribution is 7.89. The number of amides is 2. The van der Waals surface area contributed by atoms with Crippen LogP contribution in [0, 0.1) is 20.8 Å². The maximum Gasteiger partial charge on any atom is 0.261 e. The number of aryl methyl sites for hydroxylation is 3. The topological polar surface area (TPSA) is 78.0 Å². The molecule has 35 heavy (non-hydrogen) atoms. The van der Waals surface area contributed by atoms with Gasteiger partial charge in [-0.2, -0.15) is 4.31 Å². The summed E-state index contributed by atoms with van der Waals surface area (Å²) in [5.41, 5.74) is 3.68. The smallest absolute Gasteiger partial charge is 0.261 e. The fourth-order valence-corrected chi connectivity index (χ4v) is 7.26. The lowest BCUT2D eigenvalue weighted by molar-refractivity contribution is 0.0584. The van der Waals surface area contributed by atoms with Crippen molar-refractivity contribution in [3.63, 3.8) is 0 Å². The number of carbonyl (C=O) groups excluding carboxylic acids is 2. The van der Waals surface area contributed by atoms with E-state index in [0.717, 1.165) is 27.5 Å². The number of hydrogen-bond acceptors (Lipinski definition) is 5. The summed E-state index contributed by atoms with van der Waals surface area (Å²) in [4.78, 5) is 30.1. The summed E-state index contributed by atoms with van der Waals surface area (Å²) >= 11 is 0. The third-order valence-corrected chi connectivity index (χ3v) is 9.23. The minimum atomic E-state index is -3.58. The molecular formula is C27H29N3O4S. The monoisotopic (exact) mass is 491 g/mol. The van der Waals surface area contributed by atoms with Gasteiger partial charge in [0.1, 0.15) is 0 Å². The molecule has 0 saturated carbocycles. The highest BCUT2D eigenvalue weighted by Gasteiger charge is 2.34. The van der Waals surface area contributed by atoms with E-state index in [1.165, 1.54) is 4.90 Å². The summed E-state index contributed by atoms with van der Waals surface area (Å²) in [7, 11) is -3.58. The molecule has 3 aromatic carbocycles. The Bertz CT molecular complexity index is 1380. The van der Waals surface area contributed by atoms with Gasteiger partial charge in [-0.1, -0.05) is 42.0 Å². The Labute approximate surface area is 206 Å². The molecule has 182 valence electrons. The minimum absolute atomic E-state index is 0.269. The Morgan fingerprint density at radius 2 is 1.31 bits per heavy atom. The van der Waals surface area contributed by atoms with E-state index in [2.05, 4.69) is 4.90 Å². The third-order valence-electron chi connectivity index (χ3n) is 7.03. The van der Waals surface area contributed by atoms with E-state index in [4.69, 9.17) is 0 Å². The van der Waals surface area contributed by atoms with Crippen molar-refractivity contribution in [3.8, 4) is 0 Å². The molecule has 2 aliphatic rings. The largest absolute Gasteiger partial charge is 0.299 e. The van der Waals surface area contributed by atoms with E-state index in [0.29, 0.717) is 48.7 Å². The number of nitrogens with zero attached hydrogens (tertiary/aromatic N) is 3. The van der Waals surface area contributed by atoms with Crippen molar-refractivity contribution in [1.82, 2.24) is 14.1 Å². The van der Waals surface area contributed by atoms with Gasteiger partial charge in [-0.05, 0) is 49.4 Å². The lowest BCUT2D eigenvalue weighted by Crippen LogP contribution is -2.51. The molecule has 3 aromatic rings. The minimum Gasteiger partial charge on any atom is -0.299 e. The Kier molecular flexibility index (Phi) is 5.99. The van der Waals surface area contributed by atoms with Gasteiger partial charge in [0, 0.05) is 55.8 Å². The SMILES string of the molecule is Cc1cc(C)c(S(=O)(=O)N2CCN(CCN3C(=O)c4cccc5cccc(c45)C3=O)CC2)c(C)c1. The van der Waals surface area contributed by atoms with Gasteiger partial charge in [0.15, 0.2) is 0 Å². The van der Waals surface area contributed by atoms with Crippen LogP contribution in [-0.2, 0) is 10.0 Å². The number of sulfonamides is 1. The Morgan fingerprint density at radius 3 is 1.86 bits per heavy atom. The van der Waals surface area contributed by atoms with Crippen LogP contribution in [0.2, 0.25) is 0 Å². The third kappa shape index (κ3) is 4.05. The van der Waals surface area contributed by atoms with Gasteiger partial charge in [0.05, 0.1) is 4.90 Å². The van der Waals surface area contributed by atoms with Crippen molar-refractivity contribution in [3.05, 3.63) is 76.3 Å². The Morgan fingerprint density at radius 1 is 0.771 bits per heavy atom. The normalized spacial score (nSPS) is 17.4. The van der Waals surface area contributed by atoms with E-state index in [1.807, 2.05) is 57.2 Å². The second-order valence-corrected chi connectivity index (χ2v) is 11.3. The lowest BCUT2D eigenvalue weighted by Gasteiger charge is -2.36. The van der Waals surface area contributed by atoms with E-state index >= 15 is 0 Å². The van der Waals surface area contributed by atoms with Crippen LogP contribution >= 0.6 is 0 Å². The van der Waals surface area contributed by atoms with E-state index in [1.54, 1.807) is 16.4 Å². The van der Waals surface area contributed by atoms with E-state index < -0.39 is 10.0 Å². The molecule has 0 N–H and O–H groups in total. The quantitative estimate of drug-likeness (QED) is 0.512. The summed E-state index contributed by atoms with van der Waals surface area (Å²) in [5, 5.41) is 1.61. The number of piperazine rings is 1. The van der Waals surface area contributed by atoms with Gasteiger partial charge in [0.25, 0.3) is 11.8 Å². The van der Waals surface area contributed by atoms with Crippen LogP contribution in [0.25, 0.3) is 10.8 Å². The zero-order chi connectivity index (χ0) is 24.9. The molecule has 2 heterocycles. The molecule has 0 bridgehead atoms. The molecule has 5 rings (SSSR count). The number of rotatable bonds is 5. The number of benzene rings is 3. The van der Waals surface area contributed by atoms with Crippen LogP contribution in [0.4, 0.5) is 0 Å². The second kappa shape index (κ2) is 8.86. The highest BCUT2D eigenvalue weighted by Crippen LogP contribution is 2.30. The first kappa shape index (κ1) is 23.7. The number of hydrogen-bond donors (Lipinski definition) is 0. The molecule has 0 atom stereocenters. The van der Waals surface area contributed by atoms with Crippen molar-refractivity contribution in [2.45, 2.75) is 25.7 Å². The maximum atomic E-state index is 13.4. The predicted molar refractivity (Wildman–Crippen MR) is 135 cm³/mol.